The molecule has 0 atom stereocenters. The molecule has 0 aliphatic rings. The van der Waals surface area contributed by atoms with Crippen molar-refractivity contribution in [2.24, 2.45) is 0 Å². The van der Waals surface area contributed by atoms with Gasteiger partial charge in [-0.3, -0.25) is 4.98 Å². The van der Waals surface area contributed by atoms with Gasteiger partial charge >= 0.3 is 0 Å². The fourth-order valence-corrected chi connectivity index (χ4v) is 0.768. The first-order valence-corrected chi connectivity index (χ1v) is 3.13. The molecular weight excluding hydrogens is 132 g/mol. The number of aryl methyl sites for hydroxylation is 2. The molecule has 0 fully saturated rings. The highest BCUT2D eigenvalue weighted by molar-refractivity contribution is 7.71. The summed E-state index contributed by atoms with van der Waals surface area (Å²) in [4.78, 5) is 7.03. The van der Waals surface area contributed by atoms with Crippen molar-refractivity contribution in [2.45, 2.75) is 13.8 Å². The first-order chi connectivity index (χ1) is 4.20. The monoisotopic (exact) mass is 140 g/mol. The Morgan fingerprint density at radius 1 is 1.56 bits per heavy atom. The third kappa shape index (κ3) is 1.36. The van der Waals surface area contributed by atoms with Gasteiger partial charge in [0.15, 0.2) is 0 Å². The van der Waals surface area contributed by atoms with E-state index >= 15 is 0 Å². The summed E-state index contributed by atoms with van der Waals surface area (Å²) in [6.45, 7) is 3.82. The second-order valence-corrected chi connectivity index (χ2v) is 2.39. The lowest BCUT2D eigenvalue weighted by atomic mass is 10.4. The molecule has 1 aromatic heterocycles. The Bertz CT molecular complexity index is 264. The Morgan fingerprint density at radius 2 is 2.22 bits per heavy atom. The van der Waals surface area contributed by atoms with Crippen LogP contribution in [0.1, 0.15) is 11.4 Å². The van der Waals surface area contributed by atoms with Crippen LogP contribution in [0.4, 0.5) is 0 Å². The molecule has 0 radical (unpaired) electrons. The Balaban J connectivity index is 3.34. The third-order valence-corrected chi connectivity index (χ3v) is 1.49. The largest absolute Gasteiger partial charge is 0.347 e. The van der Waals surface area contributed by atoms with Crippen LogP contribution in [0.25, 0.3) is 0 Å². The van der Waals surface area contributed by atoms with Crippen molar-refractivity contribution in [3.63, 3.8) is 0 Å². The molecule has 1 heterocycles. The smallest absolute Gasteiger partial charge is 0.124 e. The number of hydrogen-bond donors (Lipinski definition) is 1. The number of rotatable bonds is 0. The molecule has 3 heteroatoms. The Hall–Kier alpha value is -0.700. The summed E-state index contributed by atoms with van der Waals surface area (Å²) in [5.74, 6) is 0. The lowest BCUT2D eigenvalue weighted by Gasteiger charge is -1.92. The second kappa shape index (κ2) is 2.27. The molecule has 48 valence electrons. The van der Waals surface area contributed by atoms with E-state index in [1.54, 1.807) is 6.20 Å². The Morgan fingerprint density at radius 3 is 2.67 bits per heavy atom. The maximum absolute atomic E-state index is 4.92. The molecule has 2 nitrogen and oxygen atoms in total. The average molecular weight is 140 g/mol. The number of H-pyrrole nitrogens is 1. The van der Waals surface area contributed by atoms with Crippen LogP contribution >= 0.6 is 12.2 Å². The van der Waals surface area contributed by atoms with Crippen LogP contribution in [0, 0.1) is 18.5 Å². The first-order valence-electron chi connectivity index (χ1n) is 2.72. The maximum Gasteiger partial charge on any atom is 0.124 e. The molecule has 0 saturated heterocycles. The molecule has 0 unspecified atom stereocenters. The van der Waals surface area contributed by atoms with Gasteiger partial charge in [-0.05, 0) is 13.8 Å². The van der Waals surface area contributed by atoms with Gasteiger partial charge in [0.1, 0.15) is 4.64 Å². The zero-order valence-electron chi connectivity index (χ0n) is 5.43. The van der Waals surface area contributed by atoms with Gasteiger partial charge in [0.25, 0.3) is 0 Å². The fraction of sp³-hybridized carbons (Fsp3) is 0.333. The summed E-state index contributed by atoms with van der Waals surface area (Å²) in [6.07, 6.45) is 1.77. The van der Waals surface area contributed by atoms with Crippen LogP contribution < -0.4 is 0 Å². The van der Waals surface area contributed by atoms with Crippen molar-refractivity contribution in [3.8, 4) is 0 Å². The van der Waals surface area contributed by atoms with Gasteiger partial charge in [0.05, 0.1) is 5.69 Å². The van der Waals surface area contributed by atoms with Crippen LogP contribution in [0.5, 0.6) is 0 Å². The van der Waals surface area contributed by atoms with E-state index in [2.05, 4.69) is 9.97 Å². The van der Waals surface area contributed by atoms with Crippen LogP contribution in [-0.4, -0.2) is 9.97 Å². The predicted molar refractivity (Wildman–Crippen MR) is 38.9 cm³/mol. The van der Waals surface area contributed by atoms with Gasteiger partial charge < -0.3 is 4.98 Å². The summed E-state index contributed by atoms with van der Waals surface area (Å²) >= 11 is 4.92. The van der Waals surface area contributed by atoms with Crippen molar-refractivity contribution < 1.29 is 0 Å². The zero-order chi connectivity index (χ0) is 6.85. The maximum atomic E-state index is 4.92. The SMILES string of the molecule is Cc1cnc(C)c(=S)[nH]1. The Labute approximate surface area is 59.0 Å². The van der Waals surface area contributed by atoms with Crippen molar-refractivity contribution in [2.75, 3.05) is 0 Å². The molecular formula is C6H8N2S. The molecule has 0 bridgehead atoms. The van der Waals surface area contributed by atoms with E-state index in [4.69, 9.17) is 12.2 Å². The second-order valence-electron chi connectivity index (χ2n) is 1.98. The van der Waals surface area contributed by atoms with E-state index in [1.165, 1.54) is 0 Å². The van der Waals surface area contributed by atoms with E-state index in [9.17, 15) is 0 Å². The fourth-order valence-electron chi connectivity index (χ4n) is 0.554. The summed E-state index contributed by atoms with van der Waals surface area (Å²) < 4.78 is 0.731. The standard InChI is InChI=1S/C6H8N2S/c1-4-3-7-5(2)6(9)8-4/h3H,1-2H3,(H,8,9). The number of nitrogens with one attached hydrogen (secondary N) is 1. The van der Waals surface area contributed by atoms with Gasteiger partial charge in [-0.15, -0.1) is 0 Å². The molecule has 0 aromatic carbocycles. The quantitative estimate of drug-likeness (QED) is 0.556. The molecule has 0 saturated carbocycles. The highest BCUT2D eigenvalue weighted by Crippen LogP contribution is 1.93. The van der Waals surface area contributed by atoms with Crippen molar-refractivity contribution in [3.05, 3.63) is 22.2 Å². The summed E-state index contributed by atoms with van der Waals surface area (Å²) in [5.41, 5.74) is 1.89. The number of aromatic amines is 1. The lowest BCUT2D eigenvalue weighted by molar-refractivity contribution is 1.04. The molecule has 1 N–H and O–H groups in total. The van der Waals surface area contributed by atoms with Gasteiger partial charge in [-0.25, -0.2) is 0 Å². The highest BCUT2D eigenvalue weighted by Gasteiger charge is 1.87. The van der Waals surface area contributed by atoms with Crippen molar-refractivity contribution >= 4 is 12.2 Å². The number of nitrogens with zero attached hydrogens (tertiary/aromatic N) is 1. The molecule has 9 heavy (non-hydrogen) atoms. The molecule has 1 rings (SSSR count). The predicted octanol–water partition coefficient (Wildman–Crippen LogP) is 1.76. The van der Waals surface area contributed by atoms with Gasteiger partial charge in [0, 0.05) is 11.9 Å². The third-order valence-electron chi connectivity index (χ3n) is 1.09. The molecule has 0 aliphatic heterocycles. The summed E-state index contributed by atoms with van der Waals surface area (Å²) in [6, 6.07) is 0. The molecule has 0 spiro atoms. The van der Waals surface area contributed by atoms with Crippen LogP contribution in [0.3, 0.4) is 0 Å². The minimum absolute atomic E-state index is 0.731. The normalized spacial score (nSPS) is 9.56. The van der Waals surface area contributed by atoms with Crippen LogP contribution in [-0.2, 0) is 0 Å². The lowest BCUT2D eigenvalue weighted by Crippen LogP contribution is -1.87. The topological polar surface area (TPSA) is 28.7 Å². The average Bonchev–Trinajstić information content (AvgIpc) is 1.80. The van der Waals surface area contributed by atoms with E-state index in [0.717, 1.165) is 16.0 Å². The van der Waals surface area contributed by atoms with E-state index in [0.29, 0.717) is 0 Å². The van der Waals surface area contributed by atoms with E-state index in [-0.39, 0.29) is 0 Å². The Kier molecular flexibility index (Phi) is 1.62. The van der Waals surface area contributed by atoms with Crippen molar-refractivity contribution in [1.29, 1.82) is 0 Å². The number of hydrogen-bond acceptors (Lipinski definition) is 2. The number of aromatic nitrogens is 2. The first kappa shape index (κ1) is 6.42. The van der Waals surface area contributed by atoms with Gasteiger partial charge in [0.2, 0.25) is 0 Å². The van der Waals surface area contributed by atoms with Crippen LogP contribution in [0.2, 0.25) is 0 Å². The van der Waals surface area contributed by atoms with Gasteiger partial charge in [-0.2, -0.15) is 0 Å². The molecule has 0 aliphatic carbocycles. The van der Waals surface area contributed by atoms with Crippen molar-refractivity contribution in [1.82, 2.24) is 9.97 Å². The van der Waals surface area contributed by atoms with E-state index < -0.39 is 0 Å². The zero-order valence-corrected chi connectivity index (χ0v) is 6.25. The minimum atomic E-state index is 0.731. The summed E-state index contributed by atoms with van der Waals surface area (Å²) in [7, 11) is 0. The van der Waals surface area contributed by atoms with Gasteiger partial charge in [-0.1, -0.05) is 12.2 Å². The molecule has 1 aromatic rings. The van der Waals surface area contributed by atoms with E-state index in [1.807, 2.05) is 13.8 Å². The highest BCUT2D eigenvalue weighted by atomic mass is 32.1. The molecule has 0 amide bonds. The summed E-state index contributed by atoms with van der Waals surface area (Å²) in [5, 5.41) is 0. The van der Waals surface area contributed by atoms with Crippen LogP contribution in [0.15, 0.2) is 6.20 Å². The minimum Gasteiger partial charge on any atom is -0.347 e.